The first-order valence-corrected chi connectivity index (χ1v) is 10.6. The molecule has 27 heavy (non-hydrogen) atoms. The van der Waals surface area contributed by atoms with Gasteiger partial charge in [-0.25, -0.2) is 17.1 Å². The summed E-state index contributed by atoms with van der Waals surface area (Å²) in [4.78, 5) is 13.9. The van der Waals surface area contributed by atoms with Gasteiger partial charge >= 0.3 is 0 Å². The third-order valence-corrected chi connectivity index (χ3v) is 5.62. The van der Waals surface area contributed by atoms with Gasteiger partial charge in [-0.2, -0.15) is 0 Å². The summed E-state index contributed by atoms with van der Waals surface area (Å²) in [7, 11) is -1.79. The van der Waals surface area contributed by atoms with Crippen LogP contribution in [0.3, 0.4) is 0 Å². The van der Waals surface area contributed by atoms with Crippen LogP contribution in [0.4, 0.5) is 4.39 Å². The molecule has 7 heteroatoms. The number of carbonyl (C=O) groups is 1. The molecule has 0 fully saturated rings. The van der Waals surface area contributed by atoms with E-state index in [0.717, 1.165) is 11.8 Å². The highest BCUT2D eigenvalue weighted by molar-refractivity contribution is 7.88. The summed E-state index contributed by atoms with van der Waals surface area (Å²) < 4.78 is 39.0. The molecule has 0 aromatic heterocycles. The maximum absolute atomic E-state index is 13.7. The maximum atomic E-state index is 13.7. The van der Waals surface area contributed by atoms with Crippen LogP contribution >= 0.6 is 0 Å². The number of rotatable bonds is 9. The van der Waals surface area contributed by atoms with Crippen molar-refractivity contribution in [2.75, 3.05) is 26.4 Å². The highest BCUT2D eigenvalue weighted by Gasteiger charge is 2.19. The van der Waals surface area contributed by atoms with Crippen LogP contribution in [0.1, 0.15) is 17.5 Å². The van der Waals surface area contributed by atoms with Gasteiger partial charge in [-0.1, -0.05) is 48.5 Å². The minimum atomic E-state index is -3.49. The second-order valence-corrected chi connectivity index (χ2v) is 8.47. The van der Waals surface area contributed by atoms with Crippen LogP contribution in [0.25, 0.3) is 0 Å². The topological polar surface area (TPSA) is 57.7 Å². The number of halogens is 1. The van der Waals surface area contributed by atoms with Crippen molar-refractivity contribution in [1.82, 2.24) is 9.21 Å². The van der Waals surface area contributed by atoms with E-state index in [1.54, 1.807) is 30.1 Å². The fourth-order valence-corrected chi connectivity index (χ4v) is 3.59. The number of amides is 1. The first-order valence-electron chi connectivity index (χ1n) is 8.74. The van der Waals surface area contributed by atoms with Crippen LogP contribution in [0, 0.1) is 5.82 Å². The summed E-state index contributed by atoms with van der Waals surface area (Å²) >= 11 is 0. The molecule has 1 amide bonds. The standard InChI is InChI=1S/C20H25FN2O3S/c1-22(16-17-8-4-3-5-9-17)20(24)13-15-23(27(2,25)26)14-12-18-10-6-7-11-19(18)21/h3-11H,12-16H2,1-2H3. The molecule has 0 radical (unpaired) electrons. The van der Waals surface area contributed by atoms with Crippen molar-refractivity contribution in [3.63, 3.8) is 0 Å². The molecule has 5 nitrogen and oxygen atoms in total. The molecule has 0 saturated heterocycles. The summed E-state index contributed by atoms with van der Waals surface area (Å²) in [5.74, 6) is -0.497. The van der Waals surface area contributed by atoms with Gasteiger partial charge in [0.15, 0.2) is 0 Å². The lowest BCUT2D eigenvalue weighted by molar-refractivity contribution is -0.130. The molecular weight excluding hydrogens is 367 g/mol. The molecule has 0 atom stereocenters. The van der Waals surface area contributed by atoms with E-state index >= 15 is 0 Å². The molecular formula is C20H25FN2O3S. The average molecular weight is 392 g/mol. The molecule has 2 aromatic rings. The van der Waals surface area contributed by atoms with Crippen molar-refractivity contribution >= 4 is 15.9 Å². The molecule has 0 heterocycles. The SMILES string of the molecule is CN(Cc1ccccc1)C(=O)CCN(CCc1ccccc1F)S(C)(=O)=O. The van der Waals surface area contributed by atoms with Gasteiger partial charge in [0, 0.05) is 33.1 Å². The molecule has 0 N–H and O–H groups in total. The predicted octanol–water partition coefficient (Wildman–Crippen LogP) is 2.68. The highest BCUT2D eigenvalue weighted by Crippen LogP contribution is 2.11. The van der Waals surface area contributed by atoms with Gasteiger partial charge < -0.3 is 4.90 Å². The molecule has 0 aliphatic rings. The average Bonchev–Trinajstić information content (AvgIpc) is 2.62. The van der Waals surface area contributed by atoms with Gasteiger partial charge in [0.2, 0.25) is 15.9 Å². The summed E-state index contributed by atoms with van der Waals surface area (Å²) in [6, 6.07) is 15.9. The first kappa shape index (κ1) is 21.1. The van der Waals surface area contributed by atoms with Crippen LogP contribution in [0.5, 0.6) is 0 Å². The predicted molar refractivity (Wildman–Crippen MR) is 104 cm³/mol. The van der Waals surface area contributed by atoms with Gasteiger partial charge in [-0.05, 0) is 23.6 Å². The molecule has 0 unspecified atom stereocenters. The number of hydrogen-bond donors (Lipinski definition) is 0. The molecule has 2 rings (SSSR count). The molecule has 0 aliphatic carbocycles. The van der Waals surface area contributed by atoms with Crippen molar-refractivity contribution < 1.29 is 17.6 Å². The van der Waals surface area contributed by atoms with Gasteiger partial charge in [0.25, 0.3) is 0 Å². The lowest BCUT2D eigenvalue weighted by Gasteiger charge is -2.22. The lowest BCUT2D eigenvalue weighted by atomic mass is 10.1. The normalized spacial score (nSPS) is 11.6. The Hall–Kier alpha value is -2.25. The van der Waals surface area contributed by atoms with E-state index in [-0.39, 0.29) is 37.7 Å². The van der Waals surface area contributed by atoms with Crippen LogP contribution < -0.4 is 0 Å². The van der Waals surface area contributed by atoms with Crippen molar-refractivity contribution in [1.29, 1.82) is 0 Å². The summed E-state index contributed by atoms with van der Waals surface area (Å²) in [6.45, 7) is 0.675. The van der Waals surface area contributed by atoms with Gasteiger partial charge in [-0.15, -0.1) is 0 Å². The van der Waals surface area contributed by atoms with Crippen molar-refractivity contribution in [3.8, 4) is 0 Å². The highest BCUT2D eigenvalue weighted by atomic mass is 32.2. The number of nitrogens with zero attached hydrogens (tertiary/aromatic N) is 2. The second kappa shape index (κ2) is 9.62. The minimum Gasteiger partial charge on any atom is -0.341 e. The summed E-state index contributed by atoms with van der Waals surface area (Å²) in [6.07, 6.45) is 1.44. The van der Waals surface area contributed by atoms with Crippen molar-refractivity contribution in [2.24, 2.45) is 0 Å². The van der Waals surface area contributed by atoms with Crippen molar-refractivity contribution in [2.45, 2.75) is 19.4 Å². The van der Waals surface area contributed by atoms with Crippen LogP contribution in [0.2, 0.25) is 0 Å². The molecule has 0 spiro atoms. The summed E-state index contributed by atoms with van der Waals surface area (Å²) in [5, 5.41) is 0. The Morgan fingerprint density at radius 3 is 2.26 bits per heavy atom. The van der Waals surface area contributed by atoms with E-state index in [0.29, 0.717) is 12.1 Å². The monoisotopic (exact) mass is 392 g/mol. The molecule has 2 aromatic carbocycles. The van der Waals surface area contributed by atoms with E-state index in [9.17, 15) is 17.6 Å². The Morgan fingerprint density at radius 1 is 1.00 bits per heavy atom. The smallest absolute Gasteiger partial charge is 0.223 e. The Morgan fingerprint density at radius 2 is 1.63 bits per heavy atom. The van der Waals surface area contributed by atoms with Gasteiger partial charge in [0.05, 0.1) is 6.26 Å². The van der Waals surface area contributed by atoms with E-state index in [1.165, 1.54) is 10.4 Å². The van der Waals surface area contributed by atoms with Crippen LogP contribution in [-0.2, 0) is 27.8 Å². The number of hydrogen-bond acceptors (Lipinski definition) is 3. The molecule has 0 saturated carbocycles. The largest absolute Gasteiger partial charge is 0.341 e. The Bertz CT molecular complexity index is 857. The zero-order chi connectivity index (χ0) is 19.9. The molecule has 146 valence electrons. The van der Waals surface area contributed by atoms with E-state index < -0.39 is 10.0 Å². The fourth-order valence-electron chi connectivity index (χ4n) is 2.75. The maximum Gasteiger partial charge on any atom is 0.223 e. The van der Waals surface area contributed by atoms with Crippen molar-refractivity contribution in [3.05, 3.63) is 71.5 Å². The van der Waals surface area contributed by atoms with Crippen LogP contribution in [-0.4, -0.2) is 49.9 Å². The summed E-state index contributed by atoms with van der Waals surface area (Å²) in [5.41, 5.74) is 1.46. The van der Waals surface area contributed by atoms with Gasteiger partial charge in [-0.3, -0.25) is 4.79 Å². The lowest BCUT2D eigenvalue weighted by Crippen LogP contribution is -2.36. The number of sulfonamides is 1. The fraction of sp³-hybridized carbons (Fsp3) is 0.350. The third-order valence-electron chi connectivity index (χ3n) is 4.32. The molecule has 0 aliphatic heterocycles. The van der Waals surface area contributed by atoms with Crippen LogP contribution in [0.15, 0.2) is 54.6 Å². The van der Waals surface area contributed by atoms with Gasteiger partial charge in [0.1, 0.15) is 5.82 Å². The second-order valence-electron chi connectivity index (χ2n) is 6.49. The Labute approximate surface area is 160 Å². The van der Waals surface area contributed by atoms with E-state index in [1.807, 2.05) is 30.3 Å². The number of carbonyl (C=O) groups excluding carboxylic acids is 1. The zero-order valence-corrected chi connectivity index (χ0v) is 16.5. The Kier molecular flexibility index (Phi) is 7.50. The third kappa shape index (κ3) is 6.77. The zero-order valence-electron chi connectivity index (χ0n) is 15.6. The van der Waals surface area contributed by atoms with E-state index in [4.69, 9.17) is 0 Å². The quantitative estimate of drug-likeness (QED) is 0.659. The molecule has 0 bridgehead atoms. The number of benzene rings is 2. The first-order chi connectivity index (χ1) is 12.8. The Balaban J connectivity index is 1.92. The minimum absolute atomic E-state index is 0.0747. The van der Waals surface area contributed by atoms with E-state index in [2.05, 4.69) is 0 Å².